The molecule has 2 rings (SSSR count). The highest BCUT2D eigenvalue weighted by atomic mass is 32.2. The van der Waals surface area contributed by atoms with Crippen molar-refractivity contribution in [3.8, 4) is 0 Å². The van der Waals surface area contributed by atoms with E-state index in [4.69, 9.17) is 17.0 Å². The van der Waals surface area contributed by atoms with Crippen LogP contribution >= 0.6 is 35.3 Å². The fourth-order valence-electron chi connectivity index (χ4n) is 1.91. The minimum atomic E-state index is -0.775. The number of aliphatic hydroxyl groups is 1. The molecular weight excluding hydrogens is 338 g/mol. The zero-order valence-corrected chi connectivity index (χ0v) is 14.8. The second-order valence-corrected chi connectivity index (χ2v) is 7.51. The van der Waals surface area contributed by atoms with Gasteiger partial charge in [-0.25, -0.2) is 0 Å². The molecule has 0 radical (unpaired) electrons. The van der Waals surface area contributed by atoms with E-state index in [1.54, 1.807) is 16.2 Å². The van der Waals surface area contributed by atoms with E-state index in [-0.39, 0.29) is 12.4 Å². The molecule has 2 heterocycles. The largest absolute Gasteiger partial charge is 0.466 e. The number of hydrogen-bond donors (Lipinski definition) is 1. The monoisotopic (exact) mass is 357 g/mol. The maximum Gasteiger partial charge on any atom is 0.307 e. The number of aliphatic hydroxyl groups excluding tert-OH is 1. The van der Waals surface area contributed by atoms with Gasteiger partial charge >= 0.3 is 5.97 Å². The normalized spacial score (nSPS) is 19.9. The number of unbranched alkanes of at least 4 members (excludes halogenated alkanes) is 1. The number of esters is 1. The molecule has 0 amide bonds. The molecule has 0 aliphatic carbocycles. The summed E-state index contributed by atoms with van der Waals surface area (Å²) in [5.41, 5.74) is 0. The molecule has 7 heteroatoms. The molecule has 0 aromatic carbocycles. The maximum atomic E-state index is 11.6. The number of nitrogens with zero attached hydrogens (tertiary/aromatic N) is 1. The van der Waals surface area contributed by atoms with E-state index in [1.807, 2.05) is 30.5 Å². The van der Waals surface area contributed by atoms with E-state index in [1.165, 1.54) is 11.8 Å². The van der Waals surface area contributed by atoms with E-state index < -0.39 is 6.23 Å². The molecule has 1 N–H and O–H groups in total. The second kappa shape index (κ2) is 8.67. The standard InChI is InChI=1S/C15H19NO3S3/c1-2-3-8-19-13(17)6-7-16-14(18)12(22-15(16)20)10-11-5-4-9-21-11/h4-5,9-10,14,18H,2-3,6-8H2,1H3/b12-10+. The average molecular weight is 358 g/mol. The van der Waals surface area contributed by atoms with Crippen LogP contribution in [-0.4, -0.2) is 39.7 Å². The number of thiocarbonyl (C=S) groups is 1. The van der Waals surface area contributed by atoms with E-state index in [2.05, 4.69) is 0 Å². The first kappa shape index (κ1) is 17.5. The highest BCUT2D eigenvalue weighted by Gasteiger charge is 2.32. The van der Waals surface area contributed by atoms with Crippen molar-refractivity contribution in [2.45, 2.75) is 32.4 Å². The zero-order chi connectivity index (χ0) is 15.9. The molecule has 1 fully saturated rings. The summed E-state index contributed by atoms with van der Waals surface area (Å²) in [6, 6.07) is 3.95. The van der Waals surface area contributed by atoms with Crippen LogP contribution in [0, 0.1) is 0 Å². The van der Waals surface area contributed by atoms with Crippen molar-refractivity contribution in [2.24, 2.45) is 0 Å². The molecule has 0 bridgehead atoms. The molecule has 120 valence electrons. The van der Waals surface area contributed by atoms with Gasteiger partial charge in [0.25, 0.3) is 0 Å². The minimum absolute atomic E-state index is 0.230. The number of thiophene rings is 1. The van der Waals surface area contributed by atoms with E-state index >= 15 is 0 Å². The van der Waals surface area contributed by atoms with Crippen molar-refractivity contribution < 1.29 is 14.6 Å². The van der Waals surface area contributed by atoms with Crippen LogP contribution in [0.25, 0.3) is 6.08 Å². The maximum absolute atomic E-state index is 11.6. The highest BCUT2D eigenvalue weighted by molar-refractivity contribution is 8.26. The number of thioether (sulfide) groups is 1. The Balaban J connectivity index is 1.87. The van der Waals surface area contributed by atoms with Crippen LogP contribution in [0.4, 0.5) is 0 Å². The molecule has 1 atom stereocenters. The Morgan fingerprint density at radius 3 is 3.09 bits per heavy atom. The van der Waals surface area contributed by atoms with Gasteiger partial charge in [0.1, 0.15) is 4.32 Å². The SMILES string of the molecule is CCCCOC(=O)CCN1C(=S)S/C(=C/c2cccs2)C1O. The number of carbonyl (C=O) groups excluding carboxylic acids is 1. The molecule has 22 heavy (non-hydrogen) atoms. The van der Waals surface area contributed by atoms with Crippen molar-refractivity contribution >= 4 is 51.7 Å². The Morgan fingerprint density at radius 1 is 1.59 bits per heavy atom. The molecule has 1 saturated heterocycles. The van der Waals surface area contributed by atoms with E-state index in [0.29, 0.717) is 17.5 Å². The number of hydrogen-bond acceptors (Lipinski definition) is 6. The molecule has 1 aliphatic heterocycles. The van der Waals surface area contributed by atoms with Gasteiger partial charge in [-0.05, 0) is 23.9 Å². The Labute approximate surface area is 144 Å². The fraction of sp³-hybridized carbons (Fsp3) is 0.467. The fourth-order valence-corrected chi connectivity index (χ4v) is 4.06. The summed E-state index contributed by atoms with van der Waals surface area (Å²) >= 11 is 8.27. The summed E-state index contributed by atoms with van der Waals surface area (Å²) in [4.78, 5) is 15.2. The Bertz CT molecular complexity index is 542. The molecule has 1 aromatic rings. The Hall–Kier alpha value is -0.890. The van der Waals surface area contributed by atoms with Crippen LogP contribution in [0.2, 0.25) is 0 Å². The van der Waals surface area contributed by atoms with Gasteiger partial charge in [0.05, 0.1) is 13.0 Å². The van der Waals surface area contributed by atoms with Crippen LogP contribution < -0.4 is 0 Å². The Morgan fingerprint density at radius 2 is 2.41 bits per heavy atom. The van der Waals surface area contributed by atoms with Crippen molar-refractivity contribution in [1.29, 1.82) is 0 Å². The molecule has 1 unspecified atom stereocenters. The molecule has 4 nitrogen and oxygen atoms in total. The van der Waals surface area contributed by atoms with Gasteiger partial charge in [-0.3, -0.25) is 4.79 Å². The second-order valence-electron chi connectivity index (χ2n) is 4.82. The smallest absolute Gasteiger partial charge is 0.307 e. The van der Waals surface area contributed by atoms with Gasteiger partial charge in [-0.15, -0.1) is 11.3 Å². The van der Waals surface area contributed by atoms with Crippen LogP contribution in [-0.2, 0) is 9.53 Å². The lowest BCUT2D eigenvalue weighted by atomic mass is 10.3. The van der Waals surface area contributed by atoms with Gasteiger partial charge in [-0.1, -0.05) is 43.4 Å². The van der Waals surface area contributed by atoms with Crippen LogP contribution in [0.3, 0.4) is 0 Å². The molecule has 0 saturated carbocycles. The van der Waals surface area contributed by atoms with Gasteiger partial charge in [0.15, 0.2) is 6.23 Å². The first-order chi connectivity index (χ1) is 10.6. The summed E-state index contributed by atoms with van der Waals surface area (Å²) in [6.07, 6.45) is 3.26. The number of ether oxygens (including phenoxy) is 1. The van der Waals surface area contributed by atoms with Gasteiger partial charge in [0, 0.05) is 16.3 Å². The molecule has 1 aliphatic rings. The van der Waals surface area contributed by atoms with Gasteiger partial charge in [0.2, 0.25) is 0 Å². The highest BCUT2D eigenvalue weighted by Crippen LogP contribution is 2.36. The molecule has 1 aromatic heterocycles. The van der Waals surface area contributed by atoms with Crippen molar-refractivity contribution in [3.63, 3.8) is 0 Å². The topological polar surface area (TPSA) is 49.8 Å². The lowest BCUT2D eigenvalue weighted by molar-refractivity contribution is -0.144. The third-order valence-electron chi connectivity index (χ3n) is 3.13. The van der Waals surface area contributed by atoms with Crippen LogP contribution in [0.5, 0.6) is 0 Å². The van der Waals surface area contributed by atoms with E-state index in [0.717, 1.165) is 22.6 Å². The van der Waals surface area contributed by atoms with Crippen LogP contribution in [0.1, 0.15) is 31.1 Å². The number of rotatable bonds is 7. The quantitative estimate of drug-likeness (QED) is 0.458. The summed E-state index contributed by atoms with van der Waals surface area (Å²) in [5.74, 6) is -0.246. The molecule has 0 spiro atoms. The van der Waals surface area contributed by atoms with Crippen molar-refractivity contribution in [1.82, 2.24) is 4.90 Å². The van der Waals surface area contributed by atoms with Crippen molar-refractivity contribution in [3.05, 3.63) is 27.3 Å². The summed E-state index contributed by atoms with van der Waals surface area (Å²) in [6.45, 7) is 2.88. The van der Waals surface area contributed by atoms with Gasteiger partial charge < -0.3 is 14.7 Å². The van der Waals surface area contributed by atoms with Crippen LogP contribution in [0.15, 0.2) is 22.4 Å². The first-order valence-electron chi connectivity index (χ1n) is 7.19. The van der Waals surface area contributed by atoms with Gasteiger partial charge in [-0.2, -0.15) is 0 Å². The number of carbonyl (C=O) groups is 1. The average Bonchev–Trinajstić information content (AvgIpc) is 3.08. The lowest BCUT2D eigenvalue weighted by Gasteiger charge is -2.20. The van der Waals surface area contributed by atoms with Crippen molar-refractivity contribution in [2.75, 3.05) is 13.2 Å². The van der Waals surface area contributed by atoms with E-state index in [9.17, 15) is 9.90 Å². The predicted octanol–water partition coefficient (Wildman–Crippen LogP) is 3.47. The lowest BCUT2D eigenvalue weighted by Crippen LogP contribution is -2.34. The third-order valence-corrected chi connectivity index (χ3v) is 5.41. The Kier molecular flexibility index (Phi) is 6.88. The molecular formula is C15H19NO3S3. The summed E-state index contributed by atoms with van der Waals surface area (Å²) < 4.78 is 5.71. The summed E-state index contributed by atoms with van der Waals surface area (Å²) in [5, 5.41) is 12.3. The zero-order valence-electron chi connectivity index (χ0n) is 12.4. The summed E-state index contributed by atoms with van der Waals surface area (Å²) in [7, 11) is 0. The predicted molar refractivity (Wildman–Crippen MR) is 95.7 cm³/mol. The third kappa shape index (κ3) is 4.81. The first-order valence-corrected chi connectivity index (χ1v) is 9.29. The minimum Gasteiger partial charge on any atom is -0.466 e.